The summed E-state index contributed by atoms with van der Waals surface area (Å²) >= 11 is 1.48. The molecule has 1 aromatic carbocycles. The first-order valence-corrected chi connectivity index (χ1v) is 12.4. The zero-order valence-electron chi connectivity index (χ0n) is 20.0. The fourth-order valence-electron chi connectivity index (χ4n) is 4.07. The number of fused-ring (bicyclic) bond motifs is 3. The number of benzene rings is 1. The number of hydrogen-bond acceptors (Lipinski definition) is 8. The van der Waals surface area contributed by atoms with Crippen LogP contribution in [0.3, 0.4) is 0 Å². The second-order valence-electron chi connectivity index (χ2n) is 9.33. The van der Waals surface area contributed by atoms with Crippen molar-refractivity contribution in [1.82, 2.24) is 15.2 Å². The van der Waals surface area contributed by atoms with Crippen LogP contribution in [0.2, 0.25) is 0 Å². The van der Waals surface area contributed by atoms with Crippen LogP contribution in [0.25, 0.3) is 10.6 Å². The number of carboxylic acids is 2. The molecule has 36 heavy (non-hydrogen) atoms. The molecule has 1 amide bonds. The number of thiazole rings is 1. The van der Waals surface area contributed by atoms with E-state index in [4.69, 9.17) is 20.1 Å². The number of nitrogens with zero attached hydrogens (tertiary/aromatic N) is 2. The highest BCUT2D eigenvalue weighted by Gasteiger charge is 2.37. The molecule has 2 atom stereocenters. The fourth-order valence-corrected chi connectivity index (χ4v) is 5.06. The number of amides is 1. The van der Waals surface area contributed by atoms with Gasteiger partial charge < -0.3 is 25.4 Å². The average molecular weight is 524 g/mol. The third kappa shape index (κ3) is 7.45. The summed E-state index contributed by atoms with van der Waals surface area (Å²) in [7, 11) is 0. The monoisotopic (exact) mass is 523 g/mol. The van der Waals surface area contributed by atoms with Gasteiger partial charge in [0.2, 0.25) is 0 Å². The molecule has 0 spiro atoms. The Labute approximate surface area is 211 Å². The van der Waals surface area contributed by atoms with Gasteiger partial charge in [0.1, 0.15) is 16.9 Å². The highest BCUT2D eigenvalue weighted by Crippen LogP contribution is 2.31. The standard InChI is InChI=1S/C20H24FN3O2S.C4H6O5/c1-20(2,17-12-27-18(22-17)14-3-5-15(21)6-4-14)23-19(25)26-16-11-24-9-7-13(16)8-10-24;5-2(4(8)9)1-3(6)7/h3-6,12-13,16H,7-11H2,1-2H3,(H,23,25);2,5H,1H2,(H,6,7)(H,8,9). The van der Waals surface area contributed by atoms with Crippen molar-refractivity contribution in [3.8, 4) is 10.6 Å². The first kappa shape index (κ1) is 27.5. The Morgan fingerprint density at radius 1 is 1.22 bits per heavy atom. The molecule has 3 aliphatic heterocycles. The van der Waals surface area contributed by atoms with Gasteiger partial charge in [-0.15, -0.1) is 11.3 Å². The summed E-state index contributed by atoms with van der Waals surface area (Å²) in [5.74, 6) is -2.64. The van der Waals surface area contributed by atoms with E-state index in [2.05, 4.69) is 15.2 Å². The van der Waals surface area contributed by atoms with Crippen LogP contribution in [0.15, 0.2) is 29.6 Å². The van der Waals surface area contributed by atoms with Crippen LogP contribution in [0.4, 0.5) is 9.18 Å². The van der Waals surface area contributed by atoms with E-state index < -0.39 is 36.1 Å². The minimum absolute atomic E-state index is 0.0199. The van der Waals surface area contributed by atoms with E-state index in [1.54, 1.807) is 12.1 Å². The Balaban J connectivity index is 0.000000345. The van der Waals surface area contributed by atoms with Gasteiger partial charge in [0.15, 0.2) is 6.10 Å². The van der Waals surface area contributed by atoms with E-state index in [0.29, 0.717) is 5.92 Å². The zero-order chi connectivity index (χ0) is 26.5. The molecule has 10 nitrogen and oxygen atoms in total. The summed E-state index contributed by atoms with van der Waals surface area (Å²) in [6.07, 6.45) is -0.746. The lowest BCUT2D eigenvalue weighted by atomic mass is 9.86. The Morgan fingerprint density at radius 3 is 2.36 bits per heavy atom. The quantitative estimate of drug-likeness (QED) is 0.430. The summed E-state index contributed by atoms with van der Waals surface area (Å²) < 4.78 is 18.8. The number of aliphatic carboxylic acids is 2. The lowest BCUT2D eigenvalue weighted by molar-refractivity contribution is -0.152. The van der Waals surface area contributed by atoms with E-state index in [-0.39, 0.29) is 11.9 Å². The molecule has 12 heteroatoms. The molecular weight excluding hydrogens is 493 g/mol. The highest BCUT2D eigenvalue weighted by atomic mass is 32.1. The van der Waals surface area contributed by atoms with Crippen molar-refractivity contribution in [2.75, 3.05) is 19.6 Å². The van der Waals surface area contributed by atoms with Crippen molar-refractivity contribution in [3.05, 3.63) is 41.2 Å². The predicted molar refractivity (Wildman–Crippen MR) is 129 cm³/mol. The number of hydrogen-bond donors (Lipinski definition) is 4. The number of carboxylic acid groups (broad SMARTS) is 2. The van der Waals surface area contributed by atoms with Crippen LogP contribution < -0.4 is 5.32 Å². The maximum absolute atomic E-state index is 13.1. The van der Waals surface area contributed by atoms with Crippen LogP contribution >= 0.6 is 11.3 Å². The van der Waals surface area contributed by atoms with Crippen LogP contribution in [-0.4, -0.2) is 75.1 Å². The van der Waals surface area contributed by atoms with Crippen LogP contribution in [0, 0.1) is 11.7 Å². The summed E-state index contributed by atoms with van der Waals surface area (Å²) in [6, 6.07) is 6.26. The van der Waals surface area contributed by atoms with Gasteiger partial charge in [-0.25, -0.2) is 19.0 Å². The lowest BCUT2D eigenvalue weighted by Crippen LogP contribution is -2.53. The van der Waals surface area contributed by atoms with Gasteiger partial charge in [0.05, 0.1) is 17.7 Å². The zero-order valence-corrected chi connectivity index (χ0v) is 20.8. The van der Waals surface area contributed by atoms with Crippen LogP contribution in [0.5, 0.6) is 0 Å². The third-order valence-electron chi connectivity index (χ3n) is 6.16. The Morgan fingerprint density at radius 2 is 1.86 bits per heavy atom. The van der Waals surface area contributed by atoms with Crippen LogP contribution in [0.1, 0.15) is 38.8 Å². The van der Waals surface area contributed by atoms with Gasteiger partial charge in [0.25, 0.3) is 0 Å². The second kappa shape index (κ2) is 11.8. The van der Waals surface area contributed by atoms with Crippen molar-refractivity contribution >= 4 is 29.4 Å². The first-order chi connectivity index (χ1) is 16.9. The summed E-state index contributed by atoms with van der Waals surface area (Å²) in [6.45, 7) is 6.89. The molecule has 3 aliphatic rings. The Hall–Kier alpha value is -3.09. The van der Waals surface area contributed by atoms with Crippen molar-refractivity contribution in [1.29, 1.82) is 0 Å². The van der Waals surface area contributed by atoms with Gasteiger partial charge in [-0.1, -0.05) is 0 Å². The number of aliphatic hydroxyl groups excluding tert-OH is 1. The Kier molecular flexibility index (Phi) is 8.98. The summed E-state index contributed by atoms with van der Waals surface area (Å²) in [4.78, 5) is 38.9. The first-order valence-electron chi connectivity index (χ1n) is 11.5. The molecule has 4 N–H and O–H groups in total. The largest absolute Gasteiger partial charge is 0.481 e. The summed E-state index contributed by atoms with van der Waals surface area (Å²) in [5.41, 5.74) is 0.968. The van der Waals surface area contributed by atoms with Gasteiger partial charge in [-0.05, 0) is 70.0 Å². The number of carbonyl (C=O) groups is 3. The number of piperidine rings is 3. The van der Waals surface area contributed by atoms with Crippen molar-refractivity contribution in [2.45, 2.75) is 50.9 Å². The van der Waals surface area contributed by atoms with Gasteiger partial charge in [0, 0.05) is 17.5 Å². The normalized spacial score (nSPS) is 21.6. The fraction of sp³-hybridized carbons (Fsp3) is 0.500. The molecule has 3 fully saturated rings. The number of aromatic nitrogens is 1. The van der Waals surface area contributed by atoms with Gasteiger partial charge >= 0.3 is 18.0 Å². The van der Waals surface area contributed by atoms with Gasteiger partial charge in [-0.2, -0.15) is 0 Å². The molecule has 196 valence electrons. The minimum atomic E-state index is -1.79. The number of alkyl carbamates (subject to hydrolysis) is 1. The van der Waals surface area contributed by atoms with E-state index in [9.17, 15) is 18.8 Å². The molecule has 3 saturated heterocycles. The smallest absolute Gasteiger partial charge is 0.408 e. The number of halogens is 1. The molecule has 0 aliphatic carbocycles. The highest BCUT2D eigenvalue weighted by molar-refractivity contribution is 7.13. The van der Waals surface area contributed by atoms with Crippen molar-refractivity contribution in [3.63, 3.8) is 0 Å². The molecule has 1 aromatic heterocycles. The lowest BCUT2D eigenvalue weighted by Gasteiger charge is -2.44. The molecule has 2 unspecified atom stereocenters. The number of aliphatic hydroxyl groups is 1. The van der Waals surface area contributed by atoms with E-state index in [1.165, 1.54) is 23.5 Å². The topological polar surface area (TPSA) is 149 Å². The average Bonchev–Trinajstić information content (AvgIpc) is 3.31. The van der Waals surface area contributed by atoms with E-state index >= 15 is 0 Å². The van der Waals surface area contributed by atoms with Crippen molar-refractivity contribution < 1.29 is 38.8 Å². The Bertz CT molecular complexity index is 1070. The molecule has 2 aromatic rings. The molecule has 0 saturated carbocycles. The molecule has 0 radical (unpaired) electrons. The predicted octanol–water partition coefficient (Wildman–Crippen LogP) is 2.91. The molecular formula is C24H30FN3O7S. The molecule has 4 heterocycles. The van der Waals surface area contributed by atoms with Gasteiger partial charge in [-0.3, -0.25) is 9.69 Å². The number of ether oxygens (including phenoxy) is 1. The number of carbonyl (C=O) groups excluding carboxylic acids is 1. The molecule has 5 rings (SSSR count). The third-order valence-corrected chi connectivity index (χ3v) is 7.05. The second-order valence-corrected chi connectivity index (χ2v) is 10.2. The van der Waals surface area contributed by atoms with Crippen LogP contribution in [-0.2, 0) is 19.9 Å². The summed E-state index contributed by atoms with van der Waals surface area (Å²) in [5, 5.41) is 29.8. The number of rotatable bonds is 7. The van der Waals surface area contributed by atoms with E-state index in [0.717, 1.165) is 48.7 Å². The maximum atomic E-state index is 13.1. The van der Waals surface area contributed by atoms with E-state index in [1.807, 2.05) is 19.2 Å². The SMILES string of the molecule is CC(C)(NC(=O)OC1CN2CCC1CC2)c1csc(-c2ccc(F)cc2)n1.O=C(O)CC(O)C(=O)O. The number of nitrogens with one attached hydrogen (secondary N) is 1. The maximum Gasteiger partial charge on any atom is 0.408 e. The molecule has 2 bridgehead atoms. The van der Waals surface area contributed by atoms with Crippen molar-refractivity contribution in [2.24, 2.45) is 5.92 Å². The minimum Gasteiger partial charge on any atom is -0.481 e.